The molecule has 0 bridgehead atoms. The summed E-state index contributed by atoms with van der Waals surface area (Å²) in [6.45, 7) is 1.52. The maximum atomic E-state index is 13.0. The number of alkyl halides is 3. The number of rotatable bonds is 5. The van der Waals surface area contributed by atoms with Gasteiger partial charge in [0.05, 0.1) is 5.56 Å². The molecule has 1 atom stereocenters. The van der Waals surface area contributed by atoms with Crippen LogP contribution in [-0.2, 0) is 11.0 Å². The Labute approximate surface area is 156 Å². The van der Waals surface area contributed by atoms with Gasteiger partial charge in [-0.1, -0.05) is 38.2 Å². The average molecular weight is 383 g/mol. The minimum atomic E-state index is -4.46. The number of hydrogen-bond acceptors (Lipinski definition) is 4. The number of carbonyl (C=O) groups excluding carboxylic acids is 1. The van der Waals surface area contributed by atoms with Crippen molar-refractivity contribution in [2.24, 2.45) is 16.6 Å². The van der Waals surface area contributed by atoms with Crippen LogP contribution in [-0.4, -0.2) is 24.0 Å². The number of aliphatic imine (C=N–C) groups is 1. The van der Waals surface area contributed by atoms with Crippen LogP contribution in [0.3, 0.4) is 0 Å². The number of halogens is 3. The zero-order valence-electron chi connectivity index (χ0n) is 15.2. The van der Waals surface area contributed by atoms with Crippen molar-refractivity contribution in [3.8, 4) is 5.75 Å². The predicted molar refractivity (Wildman–Crippen MR) is 95.4 cm³/mol. The molecule has 1 aromatic carbocycles. The van der Waals surface area contributed by atoms with Gasteiger partial charge >= 0.3 is 6.18 Å². The maximum absolute atomic E-state index is 13.0. The van der Waals surface area contributed by atoms with Gasteiger partial charge in [0.15, 0.2) is 11.5 Å². The number of hydrogen-bond donors (Lipinski definition) is 2. The summed E-state index contributed by atoms with van der Waals surface area (Å²) in [6, 6.07) is 3.33. The lowest BCUT2D eigenvalue weighted by Gasteiger charge is -2.30. The zero-order chi connectivity index (χ0) is 19.7. The normalized spacial score (nSPS) is 23.9. The van der Waals surface area contributed by atoms with Crippen LogP contribution in [0, 0.1) is 12.8 Å². The van der Waals surface area contributed by atoms with Crippen LogP contribution in [0.4, 0.5) is 13.2 Å². The van der Waals surface area contributed by atoms with E-state index in [0.717, 1.165) is 37.8 Å². The summed E-state index contributed by atoms with van der Waals surface area (Å²) in [5.41, 5.74) is 4.28. The van der Waals surface area contributed by atoms with Gasteiger partial charge in [-0.05, 0) is 37.0 Å². The lowest BCUT2D eigenvalue weighted by molar-refractivity contribution is -0.137. The fourth-order valence-electron chi connectivity index (χ4n) is 3.83. The molecule has 1 unspecified atom stereocenters. The van der Waals surface area contributed by atoms with E-state index in [-0.39, 0.29) is 24.2 Å². The van der Waals surface area contributed by atoms with Gasteiger partial charge in [0.25, 0.3) is 5.91 Å². The Hall–Kier alpha value is -2.25. The molecule has 2 aliphatic rings. The molecule has 1 saturated carbocycles. The smallest absolute Gasteiger partial charge is 0.416 e. The first kappa shape index (κ1) is 19.5. The van der Waals surface area contributed by atoms with Crippen LogP contribution >= 0.6 is 0 Å². The van der Waals surface area contributed by atoms with Gasteiger partial charge < -0.3 is 10.5 Å². The van der Waals surface area contributed by atoms with Gasteiger partial charge in [0.1, 0.15) is 12.4 Å². The molecule has 1 aromatic rings. The van der Waals surface area contributed by atoms with Crippen LogP contribution in [0.25, 0.3) is 0 Å². The Kier molecular flexibility index (Phi) is 5.35. The van der Waals surface area contributed by atoms with E-state index < -0.39 is 17.3 Å². The van der Waals surface area contributed by atoms with Crippen molar-refractivity contribution in [1.82, 2.24) is 5.32 Å². The van der Waals surface area contributed by atoms with Crippen LogP contribution < -0.4 is 15.8 Å². The van der Waals surface area contributed by atoms with E-state index in [1.807, 2.05) is 0 Å². The number of benzene rings is 1. The van der Waals surface area contributed by atoms with Gasteiger partial charge in [-0.25, -0.2) is 4.99 Å². The first-order valence-corrected chi connectivity index (χ1v) is 9.17. The Morgan fingerprint density at radius 1 is 1.30 bits per heavy atom. The SMILES string of the molecule is Cc1ccc(C(F)(F)F)cc1OCC1(CC2CCCCC2)N=C(N)NC1=O. The number of aryl methyl sites for hydroxylation is 1. The van der Waals surface area contributed by atoms with E-state index in [9.17, 15) is 18.0 Å². The van der Waals surface area contributed by atoms with Crippen molar-refractivity contribution in [3.63, 3.8) is 0 Å². The maximum Gasteiger partial charge on any atom is 0.416 e. The minimum absolute atomic E-state index is 0.0279. The Morgan fingerprint density at radius 2 is 2.00 bits per heavy atom. The van der Waals surface area contributed by atoms with Crippen LogP contribution in [0.2, 0.25) is 0 Å². The second kappa shape index (κ2) is 7.40. The first-order valence-electron chi connectivity index (χ1n) is 9.17. The fraction of sp³-hybridized carbons (Fsp3) is 0.579. The second-order valence-corrected chi connectivity index (χ2v) is 7.46. The fourth-order valence-corrected chi connectivity index (χ4v) is 3.83. The summed E-state index contributed by atoms with van der Waals surface area (Å²) in [7, 11) is 0. The molecule has 3 rings (SSSR count). The Balaban J connectivity index is 1.80. The molecule has 1 fully saturated rings. The van der Waals surface area contributed by atoms with E-state index >= 15 is 0 Å². The number of carbonyl (C=O) groups is 1. The van der Waals surface area contributed by atoms with Crippen molar-refractivity contribution >= 4 is 11.9 Å². The molecule has 0 aromatic heterocycles. The third-order valence-corrected chi connectivity index (χ3v) is 5.33. The lowest BCUT2D eigenvalue weighted by Crippen LogP contribution is -2.46. The Morgan fingerprint density at radius 3 is 2.59 bits per heavy atom. The van der Waals surface area contributed by atoms with Gasteiger partial charge in [-0.2, -0.15) is 13.2 Å². The molecule has 1 aliphatic carbocycles. The lowest BCUT2D eigenvalue weighted by atomic mass is 9.79. The first-order chi connectivity index (χ1) is 12.7. The Bertz CT molecular complexity index is 742. The number of nitrogens with two attached hydrogens (primary N) is 1. The van der Waals surface area contributed by atoms with Crippen LogP contribution in [0.15, 0.2) is 23.2 Å². The summed E-state index contributed by atoms with van der Waals surface area (Å²) in [4.78, 5) is 16.8. The number of nitrogens with one attached hydrogen (secondary N) is 1. The second-order valence-electron chi connectivity index (χ2n) is 7.46. The third kappa shape index (κ3) is 4.36. The third-order valence-electron chi connectivity index (χ3n) is 5.33. The van der Waals surface area contributed by atoms with E-state index in [1.54, 1.807) is 6.92 Å². The summed E-state index contributed by atoms with van der Waals surface area (Å²) in [6.07, 6.45) is 1.43. The van der Waals surface area contributed by atoms with E-state index in [4.69, 9.17) is 10.5 Å². The molecule has 1 heterocycles. The molecule has 3 N–H and O–H groups in total. The van der Waals surface area contributed by atoms with Crippen molar-refractivity contribution < 1.29 is 22.7 Å². The molecule has 8 heteroatoms. The van der Waals surface area contributed by atoms with Crippen molar-refractivity contribution in [3.05, 3.63) is 29.3 Å². The summed E-state index contributed by atoms with van der Waals surface area (Å²) >= 11 is 0. The standard InChI is InChI=1S/C19H24F3N3O2/c1-12-7-8-14(19(20,21)22)9-15(12)27-11-18(16(26)24-17(23)25-18)10-13-5-3-2-4-6-13/h7-9,13H,2-6,10-11H2,1H3,(H3,23,24,25,26). The van der Waals surface area contributed by atoms with Crippen molar-refractivity contribution in [2.75, 3.05) is 6.61 Å². The van der Waals surface area contributed by atoms with Crippen molar-refractivity contribution in [1.29, 1.82) is 0 Å². The van der Waals surface area contributed by atoms with Gasteiger partial charge in [-0.15, -0.1) is 0 Å². The molecule has 1 aliphatic heterocycles. The van der Waals surface area contributed by atoms with Gasteiger partial charge in [0, 0.05) is 0 Å². The monoisotopic (exact) mass is 383 g/mol. The largest absolute Gasteiger partial charge is 0.490 e. The summed E-state index contributed by atoms with van der Waals surface area (Å²) in [5.74, 6) is 0.0991. The highest BCUT2D eigenvalue weighted by atomic mass is 19.4. The van der Waals surface area contributed by atoms with E-state index in [1.165, 1.54) is 12.5 Å². The quantitative estimate of drug-likeness (QED) is 0.816. The number of nitrogens with zero attached hydrogens (tertiary/aromatic N) is 1. The minimum Gasteiger partial charge on any atom is -0.490 e. The molecule has 0 radical (unpaired) electrons. The molecule has 148 valence electrons. The molecule has 5 nitrogen and oxygen atoms in total. The topological polar surface area (TPSA) is 76.7 Å². The van der Waals surface area contributed by atoms with Gasteiger partial charge in [0.2, 0.25) is 0 Å². The number of guanidine groups is 1. The highest BCUT2D eigenvalue weighted by molar-refractivity contribution is 6.06. The molecule has 0 saturated heterocycles. The highest BCUT2D eigenvalue weighted by Crippen LogP contribution is 2.36. The summed E-state index contributed by atoms with van der Waals surface area (Å²) < 4.78 is 44.6. The molecular formula is C19H24F3N3O2. The van der Waals surface area contributed by atoms with Crippen LogP contribution in [0.5, 0.6) is 5.75 Å². The molecular weight excluding hydrogens is 359 g/mol. The molecule has 0 spiro atoms. The highest BCUT2D eigenvalue weighted by Gasteiger charge is 2.46. The average Bonchev–Trinajstić information content (AvgIpc) is 2.87. The summed E-state index contributed by atoms with van der Waals surface area (Å²) in [5, 5.41) is 2.51. The molecule has 27 heavy (non-hydrogen) atoms. The van der Waals surface area contributed by atoms with Crippen LogP contribution in [0.1, 0.15) is 49.7 Å². The van der Waals surface area contributed by atoms with Gasteiger partial charge in [-0.3, -0.25) is 10.1 Å². The van der Waals surface area contributed by atoms with E-state index in [2.05, 4.69) is 10.3 Å². The molecule has 1 amide bonds. The van der Waals surface area contributed by atoms with Crippen molar-refractivity contribution in [2.45, 2.75) is 57.2 Å². The van der Waals surface area contributed by atoms with E-state index in [0.29, 0.717) is 17.9 Å². The zero-order valence-corrected chi connectivity index (χ0v) is 15.2. The number of amides is 1. The number of ether oxygens (including phenoxy) is 1. The predicted octanol–water partition coefficient (Wildman–Crippen LogP) is 3.55.